The van der Waals surface area contributed by atoms with Crippen LogP contribution in [0.25, 0.3) is 0 Å². The van der Waals surface area contributed by atoms with E-state index in [1.165, 1.54) is 5.56 Å². The lowest BCUT2D eigenvalue weighted by molar-refractivity contribution is 0.0466. The number of likely N-dealkylation sites (N-methyl/N-ethyl adjacent to an activating group) is 1. The largest absolute Gasteiger partial charge is 0.372 e. The molecule has 0 spiro atoms. The Morgan fingerprint density at radius 1 is 1.29 bits per heavy atom. The van der Waals surface area contributed by atoms with E-state index >= 15 is 0 Å². The Kier molecular flexibility index (Phi) is 6.78. The topological polar surface area (TPSA) is 21.3 Å². The Morgan fingerprint density at radius 3 is 2.59 bits per heavy atom. The zero-order chi connectivity index (χ0) is 12.7. The number of rotatable bonds is 7. The quantitative estimate of drug-likeness (QED) is 0.827. The normalized spacial score (nSPS) is 13.0. The summed E-state index contributed by atoms with van der Waals surface area (Å²) < 4.78 is 7.08. The summed E-state index contributed by atoms with van der Waals surface area (Å²) in [5.74, 6) is 0.685. The van der Waals surface area contributed by atoms with Gasteiger partial charge >= 0.3 is 0 Å². The summed E-state index contributed by atoms with van der Waals surface area (Å²) in [5, 5.41) is 3.19. The molecule has 0 aromatic heterocycles. The highest BCUT2D eigenvalue weighted by molar-refractivity contribution is 9.10. The van der Waals surface area contributed by atoms with Crippen LogP contribution in [0.4, 0.5) is 0 Å². The molecule has 0 aliphatic heterocycles. The van der Waals surface area contributed by atoms with Gasteiger partial charge in [-0.25, -0.2) is 0 Å². The third-order valence-electron chi connectivity index (χ3n) is 2.66. The van der Waals surface area contributed by atoms with Crippen molar-refractivity contribution in [3.8, 4) is 0 Å². The molecule has 1 rings (SSSR count). The second-order valence-corrected chi connectivity index (χ2v) is 5.48. The zero-order valence-corrected chi connectivity index (χ0v) is 12.5. The summed E-state index contributed by atoms with van der Waals surface area (Å²) in [5.41, 5.74) is 1.21. The highest BCUT2D eigenvalue weighted by atomic mass is 79.9. The molecule has 0 radical (unpaired) electrons. The molecule has 1 aromatic rings. The monoisotopic (exact) mass is 299 g/mol. The van der Waals surface area contributed by atoms with E-state index in [0.29, 0.717) is 5.92 Å². The van der Waals surface area contributed by atoms with Crippen molar-refractivity contribution in [3.05, 3.63) is 34.3 Å². The van der Waals surface area contributed by atoms with Crippen LogP contribution in [0.15, 0.2) is 28.7 Å². The van der Waals surface area contributed by atoms with Gasteiger partial charge in [-0.2, -0.15) is 0 Å². The van der Waals surface area contributed by atoms with Crippen LogP contribution in [0.3, 0.4) is 0 Å². The first-order chi connectivity index (χ1) is 8.15. The van der Waals surface area contributed by atoms with Crippen LogP contribution in [0.2, 0.25) is 0 Å². The number of hydrogen-bond acceptors (Lipinski definition) is 2. The second kappa shape index (κ2) is 7.85. The minimum absolute atomic E-state index is 0.120. The zero-order valence-electron chi connectivity index (χ0n) is 10.9. The van der Waals surface area contributed by atoms with Crippen molar-refractivity contribution in [3.63, 3.8) is 0 Å². The molecule has 0 aliphatic carbocycles. The first-order valence-corrected chi connectivity index (χ1v) is 6.95. The van der Waals surface area contributed by atoms with Crippen LogP contribution < -0.4 is 5.32 Å². The van der Waals surface area contributed by atoms with E-state index in [9.17, 15) is 0 Å². The summed E-state index contributed by atoms with van der Waals surface area (Å²) in [6.45, 7) is 6.08. The van der Waals surface area contributed by atoms with Gasteiger partial charge in [0.25, 0.3) is 0 Å². The van der Waals surface area contributed by atoms with Gasteiger partial charge in [0.05, 0.1) is 6.10 Å². The molecule has 0 heterocycles. The van der Waals surface area contributed by atoms with Crippen molar-refractivity contribution in [1.82, 2.24) is 5.32 Å². The van der Waals surface area contributed by atoms with Gasteiger partial charge in [0.15, 0.2) is 0 Å². The Morgan fingerprint density at radius 2 is 2.00 bits per heavy atom. The number of ether oxygens (including phenoxy) is 1. The Bertz CT molecular complexity index is 328. The maximum atomic E-state index is 5.97. The first kappa shape index (κ1) is 14.7. The lowest BCUT2D eigenvalue weighted by atomic mass is 10.1. The summed E-state index contributed by atoms with van der Waals surface area (Å²) in [4.78, 5) is 0. The fourth-order valence-corrected chi connectivity index (χ4v) is 2.17. The maximum absolute atomic E-state index is 5.97. The minimum Gasteiger partial charge on any atom is -0.372 e. The highest BCUT2D eigenvalue weighted by Gasteiger charge is 2.13. The Balaban J connectivity index is 2.62. The van der Waals surface area contributed by atoms with Gasteiger partial charge in [-0.3, -0.25) is 0 Å². The van der Waals surface area contributed by atoms with Gasteiger partial charge in [-0.1, -0.05) is 48.0 Å². The smallest absolute Gasteiger partial charge is 0.0959 e. The molecule has 1 unspecified atom stereocenters. The van der Waals surface area contributed by atoms with Crippen molar-refractivity contribution in [2.45, 2.75) is 26.4 Å². The molecule has 0 amide bonds. The van der Waals surface area contributed by atoms with Crippen LogP contribution in [0.5, 0.6) is 0 Å². The average Bonchev–Trinajstić information content (AvgIpc) is 2.28. The summed E-state index contributed by atoms with van der Waals surface area (Å²) >= 11 is 3.58. The standard InChI is InChI=1S/C14H22BrNO/c1-11(2)8-9-17-14(10-16-3)12-6-4-5-7-13(12)15/h4-7,11,14,16H,8-10H2,1-3H3. The van der Waals surface area contributed by atoms with Gasteiger partial charge in [0, 0.05) is 17.6 Å². The molecule has 0 fully saturated rings. The van der Waals surface area contributed by atoms with E-state index in [1.54, 1.807) is 0 Å². The molecule has 0 saturated heterocycles. The number of hydrogen-bond donors (Lipinski definition) is 1. The number of benzene rings is 1. The fraction of sp³-hybridized carbons (Fsp3) is 0.571. The molecular weight excluding hydrogens is 278 g/mol. The molecule has 2 nitrogen and oxygen atoms in total. The van der Waals surface area contributed by atoms with E-state index in [1.807, 2.05) is 13.1 Å². The molecule has 3 heteroatoms. The van der Waals surface area contributed by atoms with Gasteiger partial charge in [-0.15, -0.1) is 0 Å². The Labute approximate surface area is 113 Å². The van der Waals surface area contributed by atoms with Crippen LogP contribution in [-0.2, 0) is 4.74 Å². The minimum atomic E-state index is 0.120. The van der Waals surface area contributed by atoms with E-state index in [4.69, 9.17) is 4.74 Å². The number of nitrogens with one attached hydrogen (secondary N) is 1. The van der Waals surface area contributed by atoms with Crippen molar-refractivity contribution in [2.24, 2.45) is 5.92 Å². The average molecular weight is 300 g/mol. The van der Waals surface area contributed by atoms with Crippen molar-refractivity contribution in [1.29, 1.82) is 0 Å². The van der Waals surface area contributed by atoms with E-state index in [2.05, 4.69) is 53.3 Å². The highest BCUT2D eigenvalue weighted by Crippen LogP contribution is 2.25. The molecule has 1 aromatic carbocycles. The predicted molar refractivity (Wildman–Crippen MR) is 76.2 cm³/mol. The molecule has 0 saturated carbocycles. The van der Waals surface area contributed by atoms with E-state index in [-0.39, 0.29) is 6.10 Å². The SMILES string of the molecule is CNCC(OCCC(C)C)c1ccccc1Br. The molecule has 1 N–H and O–H groups in total. The number of halogens is 1. The molecule has 0 aliphatic rings. The van der Waals surface area contributed by atoms with Gasteiger partial charge < -0.3 is 10.1 Å². The maximum Gasteiger partial charge on any atom is 0.0959 e. The second-order valence-electron chi connectivity index (χ2n) is 4.62. The van der Waals surface area contributed by atoms with E-state index < -0.39 is 0 Å². The third-order valence-corrected chi connectivity index (χ3v) is 3.38. The van der Waals surface area contributed by atoms with Crippen molar-refractivity contribution >= 4 is 15.9 Å². The summed E-state index contributed by atoms with van der Waals surface area (Å²) in [6.07, 6.45) is 1.22. The summed E-state index contributed by atoms with van der Waals surface area (Å²) in [6, 6.07) is 8.25. The molecule has 96 valence electrons. The van der Waals surface area contributed by atoms with Gasteiger partial charge in [0.1, 0.15) is 0 Å². The van der Waals surface area contributed by atoms with Crippen molar-refractivity contribution in [2.75, 3.05) is 20.2 Å². The lowest BCUT2D eigenvalue weighted by Gasteiger charge is -2.20. The fourth-order valence-electron chi connectivity index (χ4n) is 1.63. The van der Waals surface area contributed by atoms with Gasteiger partial charge in [0.2, 0.25) is 0 Å². The molecule has 0 bridgehead atoms. The first-order valence-electron chi connectivity index (χ1n) is 6.15. The van der Waals surface area contributed by atoms with Gasteiger partial charge in [-0.05, 0) is 31.0 Å². The molecule has 17 heavy (non-hydrogen) atoms. The van der Waals surface area contributed by atoms with E-state index in [0.717, 1.165) is 24.0 Å². The lowest BCUT2D eigenvalue weighted by Crippen LogP contribution is -2.21. The Hall–Kier alpha value is -0.380. The predicted octanol–water partition coefficient (Wildman–Crippen LogP) is 3.77. The van der Waals surface area contributed by atoms with Crippen LogP contribution in [-0.4, -0.2) is 20.2 Å². The molecule has 1 atom stereocenters. The molecular formula is C14H22BrNO. The van der Waals surface area contributed by atoms with Crippen LogP contribution in [0, 0.1) is 5.92 Å². The van der Waals surface area contributed by atoms with Crippen LogP contribution >= 0.6 is 15.9 Å². The summed E-state index contributed by atoms with van der Waals surface area (Å²) in [7, 11) is 1.95. The van der Waals surface area contributed by atoms with Crippen molar-refractivity contribution < 1.29 is 4.74 Å². The third kappa shape index (κ3) is 5.19. The van der Waals surface area contributed by atoms with Crippen LogP contribution in [0.1, 0.15) is 31.9 Å².